The smallest absolute Gasteiger partial charge is 0.191 e. The summed E-state index contributed by atoms with van der Waals surface area (Å²) >= 11 is 0. The molecule has 6 heteroatoms. The number of hydrogen-bond acceptors (Lipinski definition) is 3. The number of guanidine groups is 1. The molecule has 1 aromatic heterocycles. The van der Waals surface area contributed by atoms with Gasteiger partial charge in [0, 0.05) is 38.6 Å². The summed E-state index contributed by atoms with van der Waals surface area (Å²) in [5.41, 5.74) is 1.20. The summed E-state index contributed by atoms with van der Waals surface area (Å²) < 4.78 is 7.45. The van der Waals surface area contributed by atoms with Crippen molar-refractivity contribution < 1.29 is 4.74 Å². The Balaban J connectivity index is 1.76. The zero-order valence-corrected chi connectivity index (χ0v) is 14.5. The minimum atomic E-state index is 0.780. The van der Waals surface area contributed by atoms with Gasteiger partial charge in [0.15, 0.2) is 5.96 Å². The van der Waals surface area contributed by atoms with E-state index in [4.69, 9.17) is 4.74 Å². The van der Waals surface area contributed by atoms with E-state index in [-0.39, 0.29) is 0 Å². The van der Waals surface area contributed by atoms with Crippen molar-refractivity contribution in [3.8, 4) is 5.75 Å². The van der Waals surface area contributed by atoms with Crippen molar-refractivity contribution in [3.63, 3.8) is 0 Å². The third-order valence-electron chi connectivity index (χ3n) is 3.63. The molecule has 0 aliphatic carbocycles. The van der Waals surface area contributed by atoms with Crippen molar-refractivity contribution in [1.82, 2.24) is 20.2 Å². The van der Waals surface area contributed by atoms with Gasteiger partial charge in [-0.25, -0.2) is 4.98 Å². The second kappa shape index (κ2) is 10.3. The van der Waals surface area contributed by atoms with E-state index in [1.807, 2.05) is 30.7 Å². The maximum absolute atomic E-state index is 5.38. The summed E-state index contributed by atoms with van der Waals surface area (Å²) in [5.74, 6) is 1.79. The first-order valence-corrected chi connectivity index (χ1v) is 8.43. The zero-order valence-electron chi connectivity index (χ0n) is 14.5. The van der Waals surface area contributed by atoms with E-state index in [2.05, 4.69) is 38.2 Å². The van der Waals surface area contributed by atoms with E-state index >= 15 is 0 Å². The lowest BCUT2D eigenvalue weighted by Crippen LogP contribution is -2.38. The Kier molecular flexibility index (Phi) is 7.67. The van der Waals surface area contributed by atoms with Gasteiger partial charge < -0.3 is 19.9 Å². The van der Waals surface area contributed by atoms with Crippen molar-refractivity contribution in [2.75, 3.05) is 26.7 Å². The Morgan fingerprint density at radius 3 is 2.92 bits per heavy atom. The van der Waals surface area contributed by atoms with Gasteiger partial charge in [-0.15, -0.1) is 0 Å². The van der Waals surface area contributed by atoms with Gasteiger partial charge in [-0.05, 0) is 31.4 Å². The third-order valence-corrected chi connectivity index (χ3v) is 3.63. The second-order valence-electron chi connectivity index (χ2n) is 5.40. The maximum atomic E-state index is 5.38. The largest absolute Gasteiger partial charge is 0.496 e. The van der Waals surface area contributed by atoms with Crippen molar-refractivity contribution in [3.05, 3.63) is 48.5 Å². The summed E-state index contributed by atoms with van der Waals surface area (Å²) in [6, 6.07) is 8.11. The molecule has 2 rings (SSSR count). The highest BCUT2D eigenvalue weighted by Crippen LogP contribution is 2.17. The van der Waals surface area contributed by atoms with Crippen LogP contribution in [0, 0.1) is 0 Å². The summed E-state index contributed by atoms with van der Waals surface area (Å²) in [6.45, 7) is 5.45. The Morgan fingerprint density at radius 1 is 1.29 bits per heavy atom. The number of imidazole rings is 1. The van der Waals surface area contributed by atoms with Crippen molar-refractivity contribution >= 4 is 5.96 Å². The van der Waals surface area contributed by atoms with Crippen LogP contribution >= 0.6 is 0 Å². The van der Waals surface area contributed by atoms with E-state index in [9.17, 15) is 0 Å². The normalized spacial score (nSPS) is 11.3. The molecule has 0 amide bonds. The lowest BCUT2D eigenvalue weighted by atomic mass is 10.1. The van der Waals surface area contributed by atoms with Crippen molar-refractivity contribution in [2.24, 2.45) is 4.99 Å². The van der Waals surface area contributed by atoms with E-state index in [1.54, 1.807) is 13.3 Å². The van der Waals surface area contributed by atoms with Crippen LogP contribution < -0.4 is 15.4 Å². The fourth-order valence-corrected chi connectivity index (χ4v) is 2.43. The van der Waals surface area contributed by atoms with Gasteiger partial charge in [-0.2, -0.15) is 0 Å². The SMILES string of the molecule is CCNC(=NCCCn1ccnc1)NCCc1ccccc1OC. The third kappa shape index (κ3) is 5.95. The highest BCUT2D eigenvalue weighted by Gasteiger charge is 2.02. The Morgan fingerprint density at radius 2 is 2.17 bits per heavy atom. The predicted molar refractivity (Wildman–Crippen MR) is 97.5 cm³/mol. The molecule has 0 spiro atoms. The molecule has 0 unspecified atom stereocenters. The lowest BCUT2D eigenvalue weighted by molar-refractivity contribution is 0.409. The van der Waals surface area contributed by atoms with Crippen molar-refractivity contribution in [2.45, 2.75) is 26.3 Å². The molecule has 0 fully saturated rings. The van der Waals surface area contributed by atoms with Crippen LogP contribution in [0.1, 0.15) is 18.9 Å². The summed E-state index contributed by atoms with van der Waals surface area (Å²) in [4.78, 5) is 8.66. The number of hydrogen-bond donors (Lipinski definition) is 2. The fourth-order valence-electron chi connectivity index (χ4n) is 2.43. The topological polar surface area (TPSA) is 63.5 Å². The van der Waals surface area contributed by atoms with Gasteiger partial charge in [-0.3, -0.25) is 4.99 Å². The van der Waals surface area contributed by atoms with Crippen molar-refractivity contribution in [1.29, 1.82) is 0 Å². The molecule has 130 valence electrons. The van der Waals surface area contributed by atoms with Crippen LogP contribution in [-0.2, 0) is 13.0 Å². The lowest BCUT2D eigenvalue weighted by Gasteiger charge is -2.12. The molecule has 2 aromatic rings. The molecule has 0 saturated carbocycles. The molecule has 1 aromatic carbocycles. The van der Waals surface area contributed by atoms with Crippen LogP contribution in [0.4, 0.5) is 0 Å². The number of nitrogens with zero attached hydrogens (tertiary/aromatic N) is 3. The van der Waals surface area contributed by atoms with E-state index in [0.717, 1.165) is 50.7 Å². The monoisotopic (exact) mass is 329 g/mol. The average Bonchev–Trinajstić information content (AvgIpc) is 3.12. The molecule has 6 nitrogen and oxygen atoms in total. The molecule has 0 bridgehead atoms. The Hall–Kier alpha value is -2.50. The minimum Gasteiger partial charge on any atom is -0.496 e. The van der Waals surface area contributed by atoms with Crippen LogP contribution in [0.3, 0.4) is 0 Å². The van der Waals surface area contributed by atoms with E-state index in [1.165, 1.54) is 5.56 Å². The summed E-state index contributed by atoms with van der Waals surface area (Å²) in [6.07, 6.45) is 7.48. The maximum Gasteiger partial charge on any atom is 0.191 e. The van der Waals surface area contributed by atoms with Gasteiger partial charge in [0.05, 0.1) is 13.4 Å². The molecular weight excluding hydrogens is 302 g/mol. The number of methoxy groups -OCH3 is 1. The summed E-state index contributed by atoms with van der Waals surface area (Å²) in [5, 5.41) is 6.66. The highest BCUT2D eigenvalue weighted by molar-refractivity contribution is 5.79. The Labute approximate surface area is 144 Å². The molecular formula is C18H27N5O. The number of aliphatic imine (C=N–C) groups is 1. The van der Waals surface area contributed by atoms with Gasteiger partial charge in [0.1, 0.15) is 5.75 Å². The molecule has 0 saturated heterocycles. The number of aryl methyl sites for hydroxylation is 1. The number of rotatable bonds is 9. The van der Waals surface area contributed by atoms with Gasteiger partial charge in [0.25, 0.3) is 0 Å². The molecule has 0 aliphatic rings. The van der Waals surface area contributed by atoms with Gasteiger partial charge >= 0.3 is 0 Å². The molecule has 2 N–H and O–H groups in total. The summed E-state index contributed by atoms with van der Waals surface area (Å²) in [7, 11) is 1.71. The number of aromatic nitrogens is 2. The van der Waals surface area contributed by atoms with Gasteiger partial charge in [-0.1, -0.05) is 18.2 Å². The predicted octanol–water partition coefficient (Wildman–Crippen LogP) is 2.08. The van der Waals surface area contributed by atoms with Gasteiger partial charge in [0.2, 0.25) is 0 Å². The number of benzene rings is 1. The number of para-hydroxylation sites is 1. The van der Waals surface area contributed by atoms with Crippen LogP contribution in [0.25, 0.3) is 0 Å². The van der Waals surface area contributed by atoms with Crippen LogP contribution in [0.5, 0.6) is 5.75 Å². The second-order valence-corrected chi connectivity index (χ2v) is 5.40. The first kappa shape index (κ1) is 17.8. The quantitative estimate of drug-likeness (QED) is 0.420. The molecule has 0 radical (unpaired) electrons. The number of nitrogens with one attached hydrogen (secondary N) is 2. The first-order chi connectivity index (χ1) is 11.8. The highest BCUT2D eigenvalue weighted by atomic mass is 16.5. The van der Waals surface area contributed by atoms with Crippen LogP contribution in [0.15, 0.2) is 48.0 Å². The Bertz CT molecular complexity index is 610. The molecule has 0 aliphatic heterocycles. The molecule has 1 heterocycles. The van der Waals surface area contributed by atoms with Crippen LogP contribution in [-0.4, -0.2) is 42.3 Å². The fraction of sp³-hybridized carbons (Fsp3) is 0.444. The number of ether oxygens (including phenoxy) is 1. The first-order valence-electron chi connectivity index (χ1n) is 8.43. The van der Waals surface area contributed by atoms with E-state index < -0.39 is 0 Å². The molecule has 0 atom stereocenters. The minimum absolute atomic E-state index is 0.780. The van der Waals surface area contributed by atoms with E-state index in [0.29, 0.717) is 0 Å². The standard InChI is InChI=1S/C18H27N5O/c1-3-20-18(21-10-6-13-23-14-12-19-15-23)22-11-9-16-7-4-5-8-17(16)24-2/h4-5,7-8,12,14-15H,3,6,9-11,13H2,1-2H3,(H2,20,21,22). The van der Waals surface area contributed by atoms with Crippen LogP contribution in [0.2, 0.25) is 0 Å². The zero-order chi connectivity index (χ0) is 17.0. The molecule has 24 heavy (non-hydrogen) atoms. The average molecular weight is 329 g/mol.